The molecule has 2 aliphatic heterocycles. The summed E-state index contributed by atoms with van der Waals surface area (Å²) in [5.41, 5.74) is 0. The van der Waals surface area contributed by atoms with Crippen LogP contribution in [0.4, 0.5) is 0 Å². The highest BCUT2D eigenvalue weighted by atomic mass is 32.2. The number of nitrogens with one attached hydrogen (secondary N) is 1. The molecule has 0 amide bonds. The smallest absolute Gasteiger partial charge is 0.151 e. The predicted octanol–water partition coefficient (Wildman–Crippen LogP) is 0.992. The third-order valence-corrected chi connectivity index (χ3v) is 4.18. The summed E-state index contributed by atoms with van der Waals surface area (Å²) in [4.78, 5) is 0. The molecule has 1 unspecified atom stereocenters. The van der Waals surface area contributed by atoms with Crippen LogP contribution >= 0.6 is 11.8 Å². The van der Waals surface area contributed by atoms with Gasteiger partial charge in [0.2, 0.25) is 0 Å². The molecule has 0 spiro atoms. The Balaban J connectivity index is 1.87. The van der Waals surface area contributed by atoms with Crippen molar-refractivity contribution >= 4 is 11.8 Å². The number of hydrogen-bond acceptors (Lipinski definition) is 4. The molecule has 0 aliphatic carbocycles. The van der Waals surface area contributed by atoms with Gasteiger partial charge in [-0.05, 0) is 12.8 Å². The summed E-state index contributed by atoms with van der Waals surface area (Å²) in [6.07, 6.45) is 3.65. The number of nitrogens with zero attached hydrogens (tertiary/aromatic N) is 3. The molecule has 5 heteroatoms. The molecule has 1 aromatic heterocycles. The van der Waals surface area contributed by atoms with Crippen molar-refractivity contribution in [2.45, 2.75) is 31.8 Å². The normalized spacial score (nSPS) is 26.3. The number of fused-ring (bicyclic) bond motifs is 1. The molecular formula is C10H16N4S. The fourth-order valence-corrected chi connectivity index (χ4v) is 3.25. The molecule has 0 aromatic carbocycles. The first-order valence-corrected chi connectivity index (χ1v) is 6.84. The first-order chi connectivity index (χ1) is 7.45. The van der Waals surface area contributed by atoms with E-state index in [9.17, 15) is 0 Å². The van der Waals surface area contributed by atoms with Crippen LogP contribution in [0.5, 0.6) is 0 Å². The van der Waals surface area contributed by atoms with Crippen LogP contribution in [-0.4, -0.2) is 32.8 Å². The van der Waals surface area contributed by atoms with Crippen LogP contribution < -0.4 is 5.32 Å². The Morgan fingerprint density at radius 1 is 1.33 bits per heavy atom. The predicted molar refractivity (Wildman–Crippen MR) is 61.0 cm³/mol. The SMILES string of the molecule is C1CCn2c(nnc2C2CSCCN2)C1. The molecule has 0 bridgehead atoms. The summed E-state index contributed by atoms with van der Waals surface area (Å²) >= 11 is 2.01. The lowest BCUT2D eigenvalue weighted by molar-refractivity contribution is 0.471. The Bertz CT molecular complexity index is 343. The van der Waals surface area contributed by atoms with E-state index in [0.29, 0.717) is 6.04 Å². The van der Waals surface area contributed by atoms with Gasteiger partial charge in [-0.15, -0.1) is 10.2 Å². The maximum atomic E-state index is 4.36. The minimum Gasteiger partial charge on any atom is -0.314 e. The first kappa shape index (κ1) is 9.66. The second kappa shape index (κ2) is 4.14. The van der Waals surface area contributed by atoms with Gasteiger partial charge in [-0.1, -0.05) is 0 Å². The summed E-state index contributed by atoms with van der Waals surface area (Å²) in [6.45, 7) is 2.21. The average molecular weight is 224 g/mol. The van der Waals surface area contributed by atoms with E-state index < -0.39 is 0 Å². The van der Waals surface area contributed by atoms with Crippen molar-refractivity contribution in [3.8, 4) is 0 Å². The second-order valence-electron chi connectivity index (χ2n) is 4.16. The summed E-state index contributed by atoms with van der Waals surface area (Å²) in [7, 11) is 0. The average Bonchev–Trinajstić information content (AvgIpc) is 2.74. The molecule has 1 aromatic rings. The molecule has 4 nitrogen and oxygen atoms in total. The van der Waals surface area contributed by atoms with Gasteiger partial charge in [0.1, 0.15) is 5.82 Å². The maximum Gasteiger partial charge on any atom is 0.151 e. The number of aromatic nitrogens is 3. The van der Waals surface area contributed by atoms with Gasteiger partial charge in [-0.3, -0.25) is 0 Å². The summed E-state index contributed by atoms with van der Waals surface area (Å²) in [5.74, 6) is 4.71. The molecule has 0 saturated carbocycles. The Hall–Kier alpha value is -0.550. The third kappa shape index (κ3) is 1.78. The van der Waals surface area contributed by atoms with Gasteiger partial charge in [-0.25, -0.2) is 0 Å². The van der Waals surface area contributed by atoms with Crippen LogP contribution in [0.3, 0.4) is 0 Å². The fraction of sp³-hybridized carbons (Fsp3) is 0.800. The van der Waals surface area contributed by atoms with Crippen LogP contribution in [0.1, 0.15) is 30.5 Å². The standard InChI is InChI=1S/C10H16N4S/c1-2-5-14-9(3-1)12-13-10(14)8-7-15-6-4-11-8/h8,11H,1-7H2. The Kier molecular flexibility index (Phi) is 2.66. The van der Waals surface area contributed by atoms with Crippen molar-refractivity contribution in [1.82, 2.24) is 20.1 Å². The second-order valence-corrected chi connectivity index (χ2v) is 5.31. The van der Waals surface area contributed by atoms with E-state index in [0.717, 1.165) is 31.1 Å². The van der Waals surface area contributed by atoms with E-state index in [2.05, 4.69) is 20.1 Å². The number of aryl methyl sites for hydroxylation is 1. The Labute approximate surface area is 93.8 Å². The molecule has 3 rings (SSSR count). The summed E-state index contributed by atoms with van der Waals surface area (Å²) in [5, 5.41) is 12.2. The van der Waals surface area contributed by atoms with Crippen LogP contribution in [0.2, 0.25) is 0 Å². The van der Waals surface area contributed by atoms with Crippen molar-refractivity contribution in [3.05, 3.63) is 11.6 Å². The zero-order chi connectivity index (χ0) is 10.1. The third-order valence-electron chi connectivity index (χ3n) is 3.12. The molecule has 1 N–H and O–H groups in total. The largest absolute Gasteiger partial charge is 0.314 e. The van der Waals surface area contributed by atoms with E-state index in [1.165, 1.54) is 24.4 Å². The molecule has 1 atom stereocenters. The van der Waals surface area contributed by atoms with Crippen LogP contribution in [0.15, 0.2) is 0 Å². The van der Waals surface area contributed by atoms with Crippen LogP contribution in [0.25, 0.3) is 0 Å². The monoisotopic (exact) mass is 224 g/mol. The molecule has 1 saturated heterocycles. The van der Waals surface area contributed by atoms with Crippen molar-refractivity contribution in [3.63, 3.8) is 0 Å². The highest BCUT2D eigenvalue weighted by Gasteiger charge is 2.24. The quantitative estimate of drug-likeness (QED) is 0.772. The van der Waals surface area contributed by atoms with Crippen molar-refractivity contribution in [2.24, 2.45) is 0 Å². The molecule has 2 aliphatic rings. The van der Waals surface area contributed by atoms with E-state index >= 15 is 0 Å². The maximum absolute atomic E-state index is 4.36. The summed E-state index contributed by atoms with van der Waals surface area (Å²) < 4.78 is 2.33. The highest BCUT2D eigenvalue weighted by Crippen LogP contribution is 2.23. The Morgan fingerprint density at radius 2 is 2.33 bits per heavy atom. The minimum atomic E-state index is 0.420. The lowest BCUT2D eigenvalue weighted by Crippen LogP contribution is -2.33. The van der Waals surface area contributed by atoms with Crippen molar-refractivity contribution in [1.29, 1.82) is 0 Å². The fourth-order valence-electron chi connectivity index (χ4n) is 2.32. The lowest BCUT2D eigenvalue weighted by atomic mass is 10.1. The van der Waals surface area contributed by atoms with Gasteiger partial charge in [0.15, 0.2) is 5.82 Å². The van der Waals surface area contributed by atoms with Gasteiger partial charge in [0.05, 0.1) is 6.04 Å². The van der Waals surface area contributed by atoms with Crippen molar-refractivity contribution < 1.29 is 0 Å². The minimum absolute atomic E-state index is 0.420. The van der Waals surface area contributed by atoms with Gasteiger partial charge >= 0.3 is 0 Å². The molecule has 82 valence electrons. The molecule has 0 radical (unpaired) electrons. The van der Waals surface area contributed by atoms with Crippen molar-refractivity contribution in [2.75, 3.05) is 18.1 Å². The Morgan fingerprint density at radius 3 is 3.20 bits per heavy atom. The molecule has 15 heavy (non-hydrogen) atoms. The lowest BCUT2D eigenvalue weighted by Gasteiger charge is -2.24. The van der Waals surface area contributed by atoms with Gasteiger partial charge in [0.25, 0.3) is 0 Å². The molecular weight excluding hydrogens is 208 g/mol. The van der Waals surface area contributed by atoms with E-state index in [1.807, 2.05) is 11.8 Å². The molecule has 3 heterocycles. The topological polar surface area (TPSA) is 42.7 Å². The van der Waals surface area contributed by atoms with Crippen LogP contribution in [0, 0.1) is 0 Å². The van der Waals surface area contributed by atoms with E-state index in [-0.39, 0.29) is 0 Å². The first-order valence-electron chi connectivity index (χ1n) is 5.68. The van der Waals surface area contributed by atoms with E-state index in [1.54, 1.807) is 0 Å². The number of hydrogen-bond donors (Lipinski definition) is 1. The zero-order valence-electron chi connectivity index (χ0n) is 8.78. The molecule has 1 fully saturated rings. The highest BCUT2D eigenvalue weighted by molar-refractivity contribution is 7.99. The number of thioether (sulfide) groups is 1. The number of rotatable bonds is 1. The van der Waals surface area contributed by atoms with Gasteiger partial charge < -0.3 is 9.88 Å². The summed E-state index contributed by atoms with van der Waals surface area (Å²) in [6, 6.07) is 0.420. The van der Waals surface area contributed by atoms with Crippen LogP contribution in [-0.2, 0) is 13.0 Å². The van der Waals surface area contributed by atoms with Gasteiger partial charge in [0, 0.05) is 31.0 Å². The zero-order valence-corrected chi connectivity index (χ0v) is 9.59. The van der Waals surface area contributed by atoms with Gasteiger partial charge in [-0.2, -0.15) is 11.8 Å². The van der Waals surface area contributed by atoms with E-state index in [4.69, 9.17) is 0 Å².